The van der Waals surface area contributed by atoms with Crippen molar-refractivity contribution in [1.29, 1.82) is 0 Å². The van der Waals surface area contributed by atoms with Crippen LogP contribution >= 0.6 is 0 Å². The van der Waals surface area contributed by atoms with E-state index in [4.69, 9.17) is 4.74 Å². The Labute approximate surface area is 177 Å². The number of rotatable bonds is 5. The Morgan fingerprint density at radius 1 is 1.17 bits per heavy atom. The van der Waals surface area contributed by atoms with E-state index in [-0.39, 0.29) is 12.0 Å². The fourth-order valence-corrected chi connectivity index (χ4v) is 4.38. The van der Waals surface area contributed by atoms with Crippen molar-refractivity contribution < 1.29 is 14.3 Å². The third-order valence-electron chi connectivity index (χ3n) is 6.04. The van der Waals surface area contributed by atoms with Crippen LogP contribution in [0, 0.1) is 17.8 Å². The van der Waals surface area contributed by atoms with E-state index in [9.17, 15) is 9.59 Å². The Morgan fingerprint density at radius 3 is 2.47 bits per heavy atom. The number of carbonyl (C=O) groups is 2. The normalized spacial score (nSPS) is 22.5. The van der Waals surface area contributed by atoms with Crippen LogP contribution in [0.3, 0.4) is 0 Å². The monoisotopic (exact) mass is 410 g/mol. The highest BCUT2D eigenvalue weighted by atomic mass is 16.6. The number of aromatic nitrogens is 2. The number of hydrogen-bond acceptors (Lipinski definition) is 4. The van der Waals surface area contributed by atoms with E-state index in [1.165, 1.54) is 0 Å². The van der Waals surface area contributed by atoms with Gasteiger partial charge in [-0.2, -0.15) is 5.10 Å². The third kappa shape index (κ3) is 4.35. The second-order valence-electron chi connectivity index (χ2n) is 9.38. The molecule has 1 aliphatic carbocycles. The van der Waals surface area contributed by atoms with Crippen molar-refractivity contribution in [3.05, 3.63) is 53.3 Å². The van der Waals surface area contributed by atoms with Gasteiger partial charge in [0, 0.05) is 33.1 Å². The molecule has 2 aliphatic rings. The molecule has 1 aromatic carbocycles. The van der Waals surface area contributed by atoms with Gasteiger partial charge in [-0.3, -0.25) is 9.48 Å². The Bertz CT molecular complexity index is 920. The van der Waals surface area contributed by atoms with E-state index in [1.54, 1.807) is 15.8 Å². The quantitative estimate of drug-likeness (QED) is 0.822. The Hall–Kier alpha value is -2.83. The molecule has 0 radical (unpaired) electrons. The maximum atomic E-state index is 12.8. The van der Waals surface area contributed by atoms with Gasteiger partial charge in [0.2, 0.25) is 0 Å². The van der Waals surface area contributed by atoms with Crippen LogP contribution in [0.15, 0.2) is 36.5 Å². The molecule has 7 heteroatoms. The van der Waals surface area contributed by atoms with Crippen LogP contribution < -0.4 is 5.32 Å². The molecular weight excluding hydrogens is 380 g/mol. The van der Waals surface area contributed by atoms with Crippen molar-refractivity contribution in [2.45, 2.75) is 32.8 Å². The molecular formula is C23H30N4O3. The zero-order chi connectivity index (χ0) is 21.5. The number of likely N-dealkylation sites (tertiary alicyclic amines) is 1. The molecule has 1 saturated heterocycles. The maximum absolute atomic E-state index is 12.8. The molecule has 160 valence electrons. The lowest BCUT2D eigenvalue weighted by molar-refractivity contribution is 0.0265. The molecule has 1 saturated carbocycles. The topological polar surface area (TPSA) is 76.5 Å². The van der Waals surface area contributed by atoms with Crippen LogP contribution in [0.2, 0.25) is 0 Å². The zero-order valence-electron chi connectivity index (χ0n) is 18.1. The van der Waals surface area contributed by atoms with Gasteiger partial charge in [0.25, 0.3) is 5.91 Å². The zero-order valence-corrected chi connectivity index (χ0v) is 18.1. The van der Waals surface area contributed by atoms with Crippen molar-refractivity contribution in [2.24, 2.45) is 24.8 Å². The largest absolute Gasteiger partial charge is 0.444 e. The molecule has 2 amide bonds. The van der Waals surface area contributed by atoms with Crippen LogP contribution in [0.1, 0.15) is 42.4 Å². The van der Waals surface area contributed by atoms with Gasteiger partial charge in [-0.15, -0.1) is 0 Å². The van der Waals surface area contributed by atoms with Gasteiger partial charge in [0.15, 0.2) is 0 Å². The first-order chi connectivity index (χ1) is 14.2. The average Bonchev–Trinajstić information content (AvgIpc) is 3.00. The number of fused-ring (bicyclic) bond motifs is 1. The van der Waals surface area contributed by atoms with Gasteiger partial charge in [0.05, 0.1) is 17.5 Å². The number of carbonyl (C=O) groups excluding carboxylic acids is 2. The summed E-state index contributed by atoms with van der Waals surface area (Å²) >= 11 is 0. The van der Waals surface area contributed by atoms with Crippen molar-refractivity contribution in [3.8, 4) is 0 Å². The van der Waals surface area contributed by atoms with Gasteiger partial charge in [0.1, 0.15) is 5.60 Å². The number of ether oxygens (including phenoxy) is 1. The van der Waals surface area contributed by atoms with Crippen LogP contribution in [0.5, 0.6) is 0 Å². The summed E-state index contributed by atoms with van der Waals surface area (Å²) in [6.45, 7) is 7.70. The first-order valence-electron chi connectivity index (χ1n) is 10.5. The van der Waals surface area contributed by atoms with Crippen LogP contribution in [0.4, 0.5) is 4.79 Å². The molecule has 1 aromatic heterocycles. The van der Waals surface area contributed by atoms with Gasteiger partial charge in [-0.25, -0.2) is 4.79 Å². The second kappa shape index (κ2) is 7.78. The van der Waals surface area contributed by atoms with E-state index >= 15 is 0 Å². The van der Waals surface area contributed by atoms with E-state index in [1.807, 2.05) is 46.0 Å². The lowest BCUT2D eigenvalue weighted by Crippen LogP contribution is -2.38. The Morgan fingerprint density at radius 2 is 1.83 bits per heavy atom. The summed E-state index contributed by atoms with van der Waals surface area (Å²) in [7, 11) is 1.87. The lowest BCUT2D eigenvalue weighted by atomic mass is 10.1. The number of nitrogens with one attached hydrogen (secondary N) is 1. The minimum Gasteiger partial charge on any atom is -0.444 e. The Kier molecular flexibility index (Phi) is 5.30. The highest BCUT2D eigenvalue weighted by Crippen LogP contribution is 2.51. The van der Waals surface area contributed by atoms with Gasteiger partial charge < -0.3 is 15.0 Å². The Balaban J connectivity index is 1.29. The summed E-state index contributed by atoms with van der Waals surface area (Å²) in [6, 6.07) is 10.1. The van der Waals surface area contributed by atoms with Crippen molar-refractivity contribution in [2.75, 3.05) is 19.6 Å². The van der Waals surface area contributed by atoms with Gasteiger partial charge >= 0.3 is 6.09 Å². The fraction of sp³-hybridized carbons (Fsp3) is 0.522. The molecule has 2 unspecified atom stereocenters. The summed E-state index contributed by atoms with van der Waals surface area (Å²) < 4.78 is 7.22. The molecule has 0 bridgehead atoms. The predicted molar refractivity (Wildman–Crippen MR) is 113 cm³/mol. The molecule has 2 heterocycles. The van der Waals surface area contributed by atoms with Crippen molar-refractivity contribution >= 4 is 12.0 Å². The van der Waals surface area contributed by atoms with E-state index < -0.39 is 5.60 Å². The maximum Gasteiger partial charge on any atom is 0.410 e. The van der Waals surface area contributed by atoms with E-state index in [0.29, 0.717) is 49.4 Å². The van der Waals surface area contributed by atoms with Gasteiger partial charge in [-0.1, -0.05) is 30.3 Å². The standard InChI is InChI=1S/C23H30N4O3/c1-23(2,3)30-22(29)27-13-18-16(19(18)14-27)11-24-21(28)17-12-25-26(4)20(17)10-15-8-6-5-7-9-15/h5-9,12,16,18-19H,10-11,13-14H2,1-4H3,(H,24,28). The molecule has 1 aliphatic heterocycles. The summed E-state index contributed by atoms with van der Waals surface area (Å²) in [4.78, 5) is 26.8. The smallest absolute Gasteiger partial charge is 0.410 e. The molecule has 2 aromatic rings. The highest BCUT2D eigenvalue weighted by Gasteiger charge is 2.56. The van der Waals surface area contributed by atoms with Crippen LogP contribution in [-0.4, -0.2) is 51.9 Å². The minimum absolute atomic E-state index is 0.0806. The molecule has 1 N–H and O–H groups in total. The molecule has 2 fully saturated rings. The summed E-state index contributed by atoms with van der Waals surface area (Å²) in [5.74, 6) is 1.26. The first kappa shape index (κ1) is 20.4. The first-order valence-corrected chi connectivity index (χ1v) is 10.5. The van der Waals surface area contributed by atoms with E-state index in [2.05, 4.69) is 22.5 Å². The second-order valence-corrected chi connectivity index (χ2v) is 9.38. The minimum atomic E-state index is -0.474. The van der Waals surface area contributed by atoms with Crippen molar-refractivity contribution in [3.63, 3.8) is 0 Å². The molecule has 30 heavy (non-hydrogen) atoms. The summed E-state index contributed by atoms with van der Waals surface area (Å²) in [5, 5.41) is 7.37. The number of piperidine rings is 1. The molecule has 2 atom stereocenters. The SMILES string of the molecule is Cn1ncc(C(=O)NCC2C3CN(C(=O)OC(C)(C)C)CC23)c1Cc1ccccc1. The predicted octanol–water partition coefficient (Wildman–Crippen LogP) is 2.85. The molecule has 7 nitrogen and oxygen atoms in total. The molecule has 0 spiro atoms. The fourth-order valence-electron chi connectivity index (χ4n) is 4.38. The number of hydrogen-bond donors (Lipinski definition) is 1. The van der Waals surface area contributed by atoms with Crippen LogP contribution in [0.25, 0.3) is 0 Å². The summed E-state index contributed by atoms with van der Waals surface area (Å²) in [6.07, 6.45) is 2.07. The number of amides is 2. The van der Waals surface area contributed by atoms with E-state index in [0.717, 1.165) is 11.3 Å². The average molecular weight is 411 g/mol. The lowest BCUT2D eigenvalue weighted by Gasteiger charge is -2.25. The highest BCUT2D eigenvalue weighted by molar-refractivity contribution is 5.95. The number of aryl methyl sites for hydroxylation is 1. The van der Waals surface area contributed by atoms with Gasteiger partial charge in [-0.05, 0) is 44.1 Å². The number of nitrogens with zero attached hydrogens (tertiary/aromatic N) is 3. The van der Waals surface area contributed by atoms with Crippen molar-refractivity contribution in [1.82, 2.24) is 20.0 Å². The molecule has 4 rings (SSSR count). The van der Waals surface area contributed by atoms with Crippen LogP contribution in [-0.2, 0) is 18.2 Å². The number of benzene rings is 1. The third-order valence-corrected chi connectivity index (χ3v) is 6.04. The summed E-state index contributed by atoms with van der Waals surface area (Å²) in [5.41, 5.74) is 2.21.